The van der Waals surface area contributed by atoms with Crippen LogP contribution in [0.2, 0.25) is 0 Å². The summed E-state index contributed by atoms with van der Waals surface area (Å²) in [6, 6.07) is 8.67. The van der Waals surface area contributed by atoms with Gasteiger partial charge in [-0.15, -0.1) is 0 Å². The molecule has 20 heavy (non-hydrogen) atoms. The Morgan fingerprint density at radius 3 is 2.25 bits per heavy atom. The fraction of sp³-hybridized carbons (Fsp3) is 0.588. The van der Waals surface area contributed by atoms with Gasteiger partial charge in [0.15, 0.2) is 0 Å². The third-order valence-corrected chi connectivity index (χ3v) is 3.35. The lowest BCUT2D eigenvalue weighted by atomic mass is 10.1. The van der Waals surface area contributed by atoms with Crippen LogP contribution >= 0.6 is 0 Å². The van der Waals surface area contributed by atoms with E-state index in [0.29, 0.717) is 12.3 Å². The van der Waals surface area contributed by atoms with E-state index in [4.69, 9.17) is 0 Å². The molecule has 0 radical (unpaired) electrons. The maximum Gasteiger partial charge on any atom is 0.220 e. The van der Waals surface area contributed by atoms with Crippen LogP contribution in [0, 0.1) is 5.92 Å². The first-order valence-electron chi connectivity index (χ1n) is 7.44. The number of benzene rings is 1. The minimum Gasteiger partial charge on any atom is -0.378 e. The molecule has 0 aliphatic heterocycles. The molecule has 0 aliphatic carbocycles. The number of hydrogen-bond acceptors (Lipinski definition) is 2. The van der Waals surface area contributed by atoms with Crippen LogP contribution in [0.25, 0.3) is 0 Å². The van der Waals surface area contributed by atoms with Gasteiger partial charge in [-0.05, 0) is 43.4 Å². The first kappa shape index (κ1) is 16.5. The quantitative estimate of drug-likeness (QED) is 0.829. The number of rotatable bonds is 7. The third-order valence-electron chi connectivity index (χ3n) is 3.35. The van der Waals surface area contributed by atoms with Crippen molar-refractivity contribution < 1.29 is 4.79 Å². The second kappa shape index (κ2) is 7.93. The highest BCUT2D eigenvalue weighted by atomic mass is 16.1. The Morgan fingerprint density at radius 2 is 1.75 bits per heavy atom. The zero-order valence-corrected chi connectivity index (χ0v) is 13.4. The van der Waals surface area contributed by atoms with Gasteiger partial charge in [-0.2, -0.15) is 0 Å². The van der Waals surface area contributed by atoms with Crippen molar-refractivity contribution >= 4 is 11.6 Å². The van der Waals surface area contributed by atoms with Crippen LogP contribution in [0.4, 0.5) is 5.69 Å². The fourth-order valence-electron chi connectivity index (χ4n) is 2.10. The number of amides is 1. The van der Waals surface area contributed by atoms with Crippen LogP contribution in [0.1, 0.15) is 39.2 Å². The maximum atomic E-state index is 11.8. The predicted molar refractivity (Wildman–Crippen MR) is 86.1 cm³/mol. The van der Waals surface area contributed by atoms with Crippen molar-refractivity contribution in [2.75, 3.05) is 19.0 Å². The Bertz CT molecular complexity index is 410. The molecule has 1 rings (SSSR count). The van der Waals surface area contributed by atoms with E-state index in [1.807, 2.05) is 14.1 Å². The summed E-state index contributed by atoms with van der Waals surface area (Å²) in [4.78, 5) is 13.9. The Balaban J connectivity index is 2.41. The van der Waals surface area contributed by atoms with Crippen molar-refractivity contribution in [1.29, 1.82) is 0 Å². The topological polar surface area (TPSA) is 32.3 Å². The lowest BCUT2D eigenvalue weighted by Gasteiger charge is -2.16. The molecule has 0 aromatic heterocycles. The first-order chi connectivity index (χ1) is 9.38. The molecule has 1 amide bonds. The van der Waals surface area contributed by atoms with Gasteiger partial charge in [0, 0.05) is 32.2 Å². The number of carbonyl (C=O) groups is 1. The largest absolute Gasteiger partial charge is 0.378 e. The van der Waals surface area contributed by atoms with Crippen LogP contribution in [0.3, 0.4) is 0 Å². The van der Waals surface area contributed by atoms with Gasteiger partial charge in [0.05, 0.1) is 0 Å². The first-order valence-corrected chi connectivity index (χ1v) is 7.44. The molecule has 3 heteroatoms. The van der Waals surface area contributed by atoms with Crippen molar-refractivity contribution in [3.05, 3.63) is 29.8 Å². The summed E-state index contributed by atoms with van der Waals surface area (Å²) in [5.74, 6) is 0.741. The number of hydrogen-bond donors (Lipinski definition) is 1. The Hall–Kier alpha value is -1.51. The summed E-state index contributed by atoms with van der Waals surface area (Å²) in [7, 11) is 4.07. The van der Waals surface area contributed by atoms with Crippen molar-refractivity contribution in [1.82, 2.24) is 5.32 Å². The van der Waals surface area contributed by atoms with Crippen LogP contribution < -0.4 is 10.2 Å². The van der Waals surface area contributed by atoms with Crippen LogP contribution in [-0.4, -0.2) is 26.0 Å². The van der Waals surface area contributed by atoms with Crippen LogP contribution in [0.15, 0.2) is 24.3 Å². The molecule has 1 N–H and O–H groups in total. The molecule has 0 fully saturated rings. The predicted octanol–water partition coefficient (Wildman–Crippen LogP) is 3.24. The molecule has 0 bridgehead atoms. The summed E-state index contributed by atoms with van der Waals surface area (Å²) in [5, 5.41) is 3.07. The van der Waals surface area contributed by atoms with E-state index in [1.165, 1.54) is 11.3 Å². The molecule has 0 spiro atoms. The zero-order chi connectivity index (χ0) is 15.1. The Labute approximate surface area is 123 Å². The van der Waals surface area contributed by atoms with Crippen LogP contribution in [-0.2, 0) is 11.2 Å². The summed E-state index contributed by atoms with van der Waals surface area (Å²) in [5.41, 5.74) is 2.45. The molecule has 1 atom stereocenters. The standard InChI is InChI=1S/C17H28N2O/c1-13(2)6-11-17(20)18-14(3)12-15-7-9-16(10-8-15)19(4)5/h7-10,13-14H,6,11-12H2,1-5H3,(H,18,20). The fourth-order valence-corrected chi connectivity index (χ4v) is 2.10. The van der Waals surface area contributed by atoms with E-state index in [-0.39, 0.29) is 11.9 Å². The van der Waals surface area contributed by atoms with E-state index in [9.17, 15) is 4.79 Å². The molecule has 0 aliphatic rings. The van der Waals surface area contributed by atoms with E-state index < -0.39 is 0 Å². The van der Waals surface area contributed by atoms with Crippen molar-refractivity contribution in [2.24, 2.45) is 5.92 Å². The van der Waals surface area contributed by atoms with Gasteiger partial charge in [-0.3, -0.25) is 4.79 Å². The molecule has 0 saturated carbocycles. The number of anilines is 1. The van der Waals surface area contributed by atoms with Gasteiger partial charge in [0.2, 0.25) is 5.91 Å². The van der Waals surface area contributed by atoms with Gasteiger partial charge in [-0.1, -0.05) is 26.0 Å². The number of nitrogens with zero attached hydrogens (tertiary/aromatic N) is 1. The minimum atomic E-state index is 0.163. The Morgan fingerprint density at radius 1 is 1.15 bits per heavy atom. The molecular formula is C17H28N2O. The second-order valence-corrected chi connectivity index (χ2v) is 6.17. The molecule has 1 aromatic rings. The van der Waals surface area contributed by atoms with E-state index in [0.717, 1.165) is 12.8 Å². The molecule has 0 saturated heterocycles. The lowest BCUT2D eigenvalue weighted by Crippen LogP contribution is -2.34. The zero-order valence-electron chi connectivity index (χ0n) is 13.4. The lowest BCUT2D eigenvalue weighted by molar-refractivity contribution is -0.121. The van der Waals surface area contributed by atoms with E-state index >= 15 is 0 Å². The summed E-state index contributed by atoms with van der Waals surface area (Å²) in [6.45, 7) is 6.35. The highest BCUT2D eigenvalue weighted by Gasteiger charge is 2.09. The average molecular weight is 276 g/mol. The van der Waals surface area contributed by atoms with Gasteiger partial charge in [0.1, 0.15) is 0 Å². The van der Waals surface area contributed by atoms with Crippen LogP contribution in [0.5, 0.6) is 0 Å². The highest BCUT2D eigenvalue weighted by Crippen LogP contribution is 2.13. The minimum absolute atomic E-state index is 0.163. The highest BCUT2D eigenvalue weighted by molar-refractivity contribution is 5.76. The molecule has 0 heterocycles. The van der Waals surface area contributed by atoms with E-state index in [2.05, 4.69) is 55.3 Å². The molecule has 1 aromatic carbocycles. The monoisotopic (exact) mass is 276 g/mol. The van der Waals surface area contributed by atoms with Gasteiger partial charge in [0.25, 0.3) is 0 Å². The normalized spacial score (nSPS) is 12.3. The van der Waals surface area contributed by atoms with Gasteiger partial charge >= 0.3 is 0 Å². The number of nitrogens with one attached hydrogen (secondary N) is 1. The van der Waals surface area contributed by atoms with Crippen molar-refractivity contribution in [2.45, 2.75) is 46.1 Å². The van der Waals surface area contributed by atoms with E-state index in [1.54, 1.807) is 0 Å². The second-order valence-electron chi connectivity index (χ2n) is 6.17. The third kappa shape index (κ3) is 6.09. The molecule has 1 unspecified atom stereocenters. The smallest absolute Gasteiger partial charge is 0.220 e. The summed E-state index contributed by atoms with van der Waals surface area (Å²) >= 11 is 0. The molecule has 3 nitrogen and oxygen atoms in total. The van der Waals surface area contributed by atoms with Gasteiger partial charge in [-0.25, -0.2) is 0 Å². The SMILES string of the molecule is CC(C)CCC(=O)NC(C)Cc1ccc(N(C)C)cc1. The Kier molecular flexibility index (Phi) is 6.56. The molecule has 112 valence electrons. The average Bonchev–Trinajstić information content (AvgIpc) is 2.36. The molecular weight excluding hydrogens is 248 g/mol. The van der Waals surface area contributed by atoms with Gasteiger partial charge < -0.3 is 10.2 Å². The van der Waals surface area contributed by atoms with Crippen molar-refractivity contribution in [3.63, 3.8) is 0 Å². The number of carbonyl (C=O) groups excluding carboxylic acids is 1. The summed E-state index contributed by atoms with van der Waals surface area (Å²) < 4.78 is 0. The maximum absolute atomic E-state index is 11.8. The van der Waals surface area contributed by atoms with Crippen molar-refractivity contribution in [3.8, 4) is 0 Å². The summed E-state index contributed by atoms with van der Waals surface area (Å²) in [6.07, 6.45) is 2.46.